The Morgan fingerprint density at radius 3 is 2.67 bits per heavy atom. The highest BCUT2D eigenvalue weighted by Crippen LogP contribution is 2.50. The van der Waals surface area contributed by atoms with Crippen molar-refractivity contribution in [2.45, 2.75) is 26.9 Å². The predicted molar refractivity (Wildman–Crippen MR) is 49.6 cm³/mol. The fourth-order valence-electron chi connectivity index (χ4n) is 1.89. The third-order valence-electron chi connectivity index (χ3n) is 2.73. The molecule has 3 unspecified atom stereocenters. The lowest BCUT2D eigenvalue weighted by Gasteiger charge is -2.12. The molecule has 1 nitrogen and oxygen atoms in total. The van der Waals surface area contributed by atoms with Gasteiger partial charge >= 0.3 is 0 Å². The molecule has 2 rings (SSSR count). The molecular formula is C11H16O. The molecule has 1 fully saturated rings. The first kappa shape index (κ1) is 7.90. The van der Waals surface area contributed by atoms with Gasteiger partial charge in [0.1, 0.15) is 5.76 Å². The van der Waals surface area contributed by atoms with Gasteiger partial charge in [-0.1, -0.05) is 13.0 Å². The van der Waals surface area contributed by atoms with Crippen molar-refractivity contribution in [3.8, 4) is 0 Å². The molecule has 0 saturated heterocycles. The van der Waals surface area contributed by atoms with Gasteiger partial charge in [-0.3, -0.25) is 0 Å². The normalized spacial score (nSPS) is 37.7. The van der Waals surface area contributed by atoms with Gasteiger partial charge < -0.3 is 4.74 Å². The third kappa shape index (κ3) is 1.28. The molecule has 2 aliphatic rings. The van der Waals surface area contributed by atoms with E-state index in [1.54, 1.807) is 0 Å². The maximum absolute atomic E-state index is 5.61. The maximum atomic E-state index is 5.61. The molecule has 0 N–H and O–H groups in total. The van der Waals surface area contributed by atoms with Gasteiger partial charge in [0.05, 0.1) is 6.10 Å². The van der Waals surface area contributed by atoms with Gasteiger partial charge in [-0.25, -0.2) is 0 Å². The van der Waals surface area contributed by atoms with Gasteiger partial charge in [0, 0.05) is 0 Å². The van der Waals surface area contributed by atoms with Crippen LogP contribution >= 0.6 is 0 Å². The molecule has 0 aromatic carbocycles. The van der Waals surface area contributed by atoms with Gasteiger partial charge in [-0.05, 0) is 43.8 Å². The van der Waals surface area contributed by atoms with Crippen LogP contribution in [0.1, 0.15) is 20.8 Å². The molecule has 0 heterocycles. The number of ether oxygens (including phenoxy) is 1. The Morgan fingerprint density at radius 2 is 2.08 bits per heavy atom. The van der Waals surface area contributed by atoms with Crippen molar-refractivity contribution in [3.05, 3.63) is 24.0 Å². The van der Waals surface area contributed by atoms with Crippen molar-refractivity contribution < 1.29 is 4.74 Å². The van der Waals surface area contributed by atoms with Crippen LogP contribution in [0.2, 0.25) is 0 Å². The predicted octanol–water partition coefficient (Wildman–Crippen LogP) is 2.75. The summed E-state index contributed by atoms with van der Waals surface area (Å²) in [7, 11) is 0. The minimum Gasteiger partial charge on any atom is -0.491 e. The minimum absolute atomic E-state index is 0.298. The standard InChI is InChI=1S/C11H16O/c1-7(2)12-9-4-5-10-8(3)11(10)6-9/h4-8,10-11H,1-3H3. The van der Waals surface area contributed by atoms with E-state index < -0.39 is 0 Å². The molecule has 0 bridgehead atoms. The largest absolute Gasteiger partial charge is 0.491 e. The van der Waals surface area contributed by atoms with Gasteiger partial charge in [-0.2, -0.15) is 0 Å². The zero-order chi connectivity index (χ0) is 8.72. The molecule has 0 radical (unpaired) electrons. The summed E-state index contributed by atoms with van der Waals surface area (Å²) in [6.45, 7) is 6.43. The summed E-state index contributed by atoms with van der Waals surface area (Å²) in [5, 5.41) is 0. The van der Waals surface area contributed by atoms with Crippen LogP contribution in [-0.4, -0.2) is 6.10 Å². The summed E-state index contributed by atoms with van der Waals surface area (Å²) in [6, 6.07) is 0. The first-order valence-electron chi connectivity index (χ1n) is 4.75. The Morgan fingerprint density at radius 1 is 1.33 bits per heavy atom. The first-order chi connectivity index (χ1) is 5.68. The quantitative estimate of drug-likeness (QED) is 0.609. The van der Waals surface area contributed by atoms with E-state index in [-0.39, 0.29) is 0 Å². The van der Waals surface area contributed by atoms with E-state index in [4.69, 9.17) is 4.74 Å². The SMILES string of the molecule is CC(C)OC1=CC2C(C)C2C=C1. The Kier molecular flexibility index (Phi) is 1.75. The lowest BCUT2D eigenvalue weighted by atomic mass is 10.2. The third-order valence-corrected chi connectivity index (χ3v) is 2.73. The zero-order valence-corrected chi connectivity index (χ0v) is 7.95. The Bertz CT molecular complexity index is 237. The molecule has 12 heavy (non-hydrogen) atoms. The molecule has 0 aromatic heterocycles. The molecule has 0 aromatic rings. The number of rotatable bonds is 2. The summed E-state index contributed by atoms with van der Waals surface area (Å²) in [5.74, 6) is 3.48. The van der Waals surface area contributed by atoms with E-state index in [1.165, 1.54) is 0 Å². The lowest BCUT2D eigenvalue weighted by Crippen LogP contribution is -2.02. The average molecular weight is 164 g/mol. The van der Waals surface area contributed by atoms with Crippen LogP contribution in [0.15, 0.2) is 24.0 Å². The number of hydrogen-bond donors (Lipinski definition) is 0. The second-order valence-electron chi connectivity index (χ2n) is 4.11. The smallest absolute Gasteiger partial charge is 0.115 e. The fourth-order valence-corrected chi connectivity index (χ4v) is 1.89. The summed E-state index contributed by atoms with van der Waals surface area (Å²) >= 11 is 0. The first-order valence-corrected chi connectivity index (χ1v) is 4.75. The lowest BCUT2D eigenvalue weighted by molar-refractivity contribution is 0.156. The average Bonchev–Trinajstić information content (AvgIpc) is 2.61. The molecule has 0 amide bonds. The van der Waals surface area contributed by atoms with Gasteiger partial charge in [0.25, 0.3) is 0 Å². The molecule has 1 saturated carbocycles. The van der Waals surface area contributed by atoms with Crippen molar-refractivity contribution in [1.82, 2.24) is 0 Å². The summed E-state index contributed by atoms with van der Waals surface area (Å²) in [4.78, 5) is 0. The zero-order valence-electron chi connectivity index (χ0n) is 7.95. The van der Waals surface area contributed by atoms with Crippen molar-refractivity contribution in [2.24, 2.45) is 17.8 Å². The van der Waals surface area contributed by atoms with Crippen molar-refractivity contribution in [3.63, 3.8) is 0 Å². The Hall–Kier alpha value is -0.720. The van der Waals surface area contributed by atoms with Crippen molar-refractivity contribution in [2.75, 3.05) is 0 Å². The number of fused-ring (bicyclic) bond motifs is 1. The highest BCUT2D eigenvalue weighted by molar-refractivity contribution is 5.28. The van der Waals surface area contributed by atoms with E-state index in [0.29, 0.717) is 6.10 Å². The van der Waals surface area contributed by atoms with Crippen LogP contribution in [-0.2, 0) is 4.74 Å². The summed E-state index contributed by atoms with van der Waals surface area (Å²) in [6.07, 6.45) is 6.97. The van der Waals surface area contributed by atoms with Crippen molar-refractivity contribution in [1.29, 1.82) is 0 Å². The molecule has 0 spiro atoms. The highest BCUT2D eigenvalue weighted by atomic mass is 16.5. The fraction of sp³-hybridized carbons (Fsp3) is 0.636. The van der Waals surface area contributed by atoms with Gasteiger partial charge in [0.2, 0.25) is 0 Å². The van der Waals surface area contributed by atoms with E-state index in [1.807, 2.05) is 0 Å². The Labute approximate surface area is 74.1 Å². The van der Waals surface area contributed by atoms with Crippen LogP contribution in [0.3, 0.4) is 0 Å². The second kappa shape index (κ2) is 2.65. The molecule has 1 heteroatoms. The van der Waals surface area contributed by atoms with Gasteiger partial charge in [-0.15, -0.1) is 0 Å². The van der Waals surface area contributed by atoms with Crippen molar-refractivity contribution >= 4 is 0 Å². The van der Waals surface area contributed by atoms with Crippen LogP contribution in [0.25, 0.3) is 0 Å². The van der Waals surface area contributed by atoms with E-state index >= 15 is 0 Å². The highest BCUT2D eigenvalue weighted by Gasteiger charge is 2.44. The topological polar surface area (TPSA) is 9.23 Å². The van der Waals surface area contributed by atoms with Gasteiger partial charge in [0.15, 0.2) is 0 Å². The molecule has 3 atom stereocenters. The summed E-state index contributed by atoms with van der Waals surface area (Å²) in [5.41, 5.74) is 0. The number of allylic oxidation sites excluding steroid dienone is 3. The Balaban J connectivity index is 2.01. The number of hydrogen-bond acceptors (Lipinski definition) is 1. The van der Waals surface area contributed by atoms with E-state index in [2.05, 4.69) is 39.0 Å². The minimum atomic E-state index is 0.298. The van der Waals surface area contributed by atoms with Crippen LogP contribution in [0, 0.1) is 17.8 Å². The van der Waals surface area contributed by atoms with Crippen LogP contribution in [0.5, 0.6) is 0 Å². The summed E-state index contributed by atoms with van der Waals surface area (Å²) < 4.78 is 5.61. The molecule has 0 aliphatic heterocycles. The van der Waals surface area contributed by atoms with E-state index in [0.717, 1.165) is 23.5 Å². The second-order valence-corrected chi connectivity index (χ2v) is 4.11. The maximum Gasteiger partial charge on any atom is 0.115 e. The molecular weight excluding hydrogens is 148 g/mol. The monoisotopic (exact) mass is 164 g/mol. The van der Waals surface area contributed by atoms with Crippen LogP contribution < -0.4 is 0 Å². The van der Waals surface area contributed by atoms with E-state index in [9.17, 15) is 0 Å². The van der Waals surface area contributed by atoms with Crippen LogP contribution in [0.4, 0.5) is 0 Å². The molecule has 2 aliphatic carbocycles. The molecule has 66 valence electrons.